The number of nitrogens with zero attached hydrogens (tertiary/aromatic N) is 2. The van der Waals surface area contributed by atoms with E-state index in [-0.39, 0.29) is 23.8 Å². The number of phenolic OH excluding ortho intramolecular Hbond substituents is 1. The summed E-state index contributed by atoms with van der Waals surface area (Å²) in [5.41, 5.74) is 0.869. The molecule has 0 spiro atoms. The molecule has 1 amide bonds. The molecule has 2 aromatic rings. The molecule has 18 heavy (non-hydrogen) atoms. The van der Waals surface area contributed by atoms with E-state index in [0.717, 1.165) is 4.47 Å². The van der Waals surface area contributed by atoms with Crippen molar-refractivity contribution in [1.29, 1.82) is 0 Å². The van der Waals surface area contributed by atoms with Crippen LogP contribution in [0.2, 0.25) is 0 Å². The highest BCUT2D eigenvalue weighted by Gasteiger charge is 2.11. The van der Waals surface area contributed by atoms with E-state index in [2.05, 4.69) is 31.4 Å². The minimum atomic E-state index is -0.362. The summed E-state index contributed by atoms with van der Waals surface area (Å²) < 4.78 is 0.727. The van der Waals surface area contributed by atoms with Crippen molar-refractivity contribution in [2.75, 3.05) is 0 Å². The molecule has 92 valence electrons. The van der Waals surface area contributed by atoms with E-state index in [0.29, 0.717) is 5.69 Å². The van der Waals surface area contributed by atoms with Gasteiger partial charge in [0.25, 0.3) is 5.91 Å². The van der Waals surface area contributed by atoms with Gasteiger partial charge in [-0.05, 0) is 30.3 Å². The number of aromatic nitrogens is 2. The number of hydrogen-bond acceptors (Lipinski definition) is 4. The number of benzene rings is 1. The fraction of sp³-hybridized carbons (Fsp3) is 0.0833. The zero-order chi connectivity index (χ0) is 13.0. The lowest BCUT2D eigenvalue weighted by molar-refractivity contribution is 0.0947. The Balaban J connectivity index is 2.06. The SMILES string of the molecule is O=C(NCc1cccnn1)c1cc(Br)ccc1O. The Bertz CT molecular complexity index is 561. The van der Waals surface area contributed by atoms with Crippen LogP contribution in [0.4, 0.5) is 0 Å². The topological polar surface area (TPSA) is 75.1 Å². The van der Waals surface area contributed by atoms with Gasteiger partial charge in [-0.1, -0.05) is 15.9 Å². The van der Waals surface area contributed by atoms with Gasteiger partial charge < -0.3 is 10.4 Å². The Kier molecular flexibility index (Phi) is 3.88. The standard InChI is InChI=1S/C12H10BrN3O2/c13-8-3-4-11(17)10(6-8)12(18)14-7-9-2-1-5-15-16-9/h1-6,17H,7H2,(H,14,18). The summed E-state index contributed by atoms with van der Waals surface area (Å²) in [5, 5.41) is 19.8. The Morgan fingerprint density at radius 2 is 2.22 bits per heavy atom. The van der Waals surface area contributed by atoms with Crippen molar-refractivity contribution in [3.05, 3.63) is 52.3 Å². The van der Waals surface area contributed by atoms with Crippen LogP contribution < -0.4 is 5.32 Å². The predicted octanol–water partition coefficient (Wildman–Crippen LogP) is 1.87. The first-order valence-electron chi connectivity index (χ1n) is 5.20. The van der Waals surface area contributed by atoms with E-state index in [1.807, 2.05) is 0 Å². The monoisotopic (exact) mass is 307 g/mol. The first kappa shape index (κ1) is 12.5. The quantitative estimate of drug-likeness (QED) is 0.908. The molecule has 0 radical (unpaired) electrons. The molecule has 6 heteroatoms. The van der Waals surface area contributed by atoms with Crippen molar-refractivity contribution in [3.8, 4) is 5.75 Å². The van der Waals surface area contributed by atoms with E-state index in [1.165, 1.54) is 6.07 Å². The number of nitrogens with one attached hydrogen (secondary N) is 1. The Morgan fingerprint density at radius 3 is 2.94 bits per heavy atom. The lowest BCUT2D eigenvalue weighted by atomic mass is 10.2. The molecule has 1 aromatic carbocycles. The maximum absolute atomic E-state index is 11.9. The summed E-state index contributed by atoms with van der Waals surface area (Å²) in [6.45, 7) is 0.263. The molecule has 0 saturated carbocycles. The molecule has 0 bridgehead atoms. The Labute approximate surface area is 112 Å². The molecule has 1 heterocycles. The Morgan fingerprint density at radius 1 is 1.39 bits per heavy atom. The van der Waals surface area contributed by atoms with E-state index >= 15 is 0 Å². The number of carbonyl (C=O) groups excluding carboxylic acids is 1. The number of phenols is 1. The fourth-order valence-electron chi connectivity index (χ4n) is 1.38. The number of aromatic hydroxyl groups is 1. The molecule has 1 aromatic heterocycles. The summed E-state index contributed by atoms with van der Waals surface area (Å²) in [4.78, 5) is 11.9. The second kappa shape index (κ2) is 5.59. The van der Waals surface area contributed by atoms with Crippen molar-refractivity contribution in [2.24, 2.45) is 0 Å². The van der Waals surface area contributed by atoms with E-state index in [9.17, 15) is 9.90 Å². The molecule has 2 N–H and O–H groups in total. The minimum Gasteiger partial charge on any atom is -0.507 e. The smallest absolute Gasteiger partial charge is 0.255 e. The third-order valence-corrected chi connectivity index (χ3v) is 2.75. The van der Waals surface area contributed by atoms with Crippen LogP contribution in [-0.2, 0) is 6.54 Å². The largest absolute Gasteiger partial charge is 0.507 e. The molecule has 5 nitrogen and oxygen atoms in total. The number of carbonyl (C=O) groups is 1. The van der Waals surface area contributed by atoms with Gasteiger partial charge in [-0.15, -0.1) is 0 Å². The van der Waals surface area contributed by atoms with Gasteiger partial charge in [0.2, 0.25) is 0 Å². The maximum Gasteiger partial charge on any atom is 0.255 e. The summed E-state index contributed by atoms with van der Waals surface area (Å²) >= 11 is 3.25. The van der Waals surface area contributed by atoms with Crippen molar-refractivity contribution >= 4 is 21.8 Å². The molecule has 0 saturated heterocycles. The molecular formula is C12H10BrN3O2. The summed E-state index contributed by atoms with van der Waals surface area (Å²) in [5.74, 6) is -0.422. The first-order chi connectivity index (χ1) is 8.66. The van der Waals surface area contributed by atoms with Crippen LogP contribution in [0.1, 0.15) is 16.1 Å². The zero-order valence-corrected chi connectivity index (χ0v) is 10.9. The lowest BCUT2D eigenvalue weighted by Crippen LogP contribution is -2.23. The third-order valence-electron chi connectivity index (χ3n) is 2.26. The number of rotatable bonds is 3. The van der Waals surface area contributed by atoms with E-state index in [1.54, 1.807) is 30.5 Å². The van der Waals surface area contributed by atoms with Gasteiger partial charge in [0.1, 0.15) is 5.75 Å². The van der Waals surface area contributed by atoms with Crippen LogP contribution in [0.3, 0.4) is 0 Å². The fourth-order valence-corrected chi connectivity index (χ4v) is 1.74. The second-order valence-electron chi connectivity index (χ2n) is 3.56. The average molecular weight is 308 g/mol. The summed E-state index contributed by atoms with van der Waals surface area (Å²) in [7, 11) is 0. The normalized spacial score (nSPS) is 10.1. The van der Waals surface area contributed by atoms with Crippen LogP contribution in [0, 0.1) is 0 Å². The van der Waals surface area contributed by atoms with Crippen molar-refractivity contribution in [1.82, 2.24) is 15.5 Å². The van der Waals surface area contributed by atoms with Crippen LogP contribution >= 0.6 is 15.9 Å². The molecule has 0 unspecified atom stereocenters. The lowest BCUT2D eigenvalue weighted by Gasteiger charge is -2.06. The van der Waals surface area contributed by atoms with Gasteiger partial charge in [0, 0.05) is 10.7 Å². The van der Waals surface area contributed by atoms with Crippen LogP contribution in [0.5, 0.6) is 5.75 Å². The predicted molar refractivity (Wildman–Crippen MR) is 69.0 cm³/mol. The zero-order valence-electron chi connectivity index (χ0n) is 9.30. The number of amides is 1. The van der Waals surface area contributed by atoms with Crippen LogP contribution in [0.25, 0.3) is 0 Å². The maximum atomic E-state index is 11.9. The first-order valence-corrected chi connectivity index (χ1v) is 5.99. The highest BCUT2D eigenvalue weighted by molar-refractivity contribution is 9.10. The van der Waals surface area contributed by atoms with E-state index in [4.69, 9.17) is 0 Å². The summed E-state index contributed by atoms with van der Waals surface area (Å²) in [6, 6.07) is 8.18. The van der Waals surface area contributed by atoms with Crippen LogP contribution in [0.15, 0.2) is 41.0 Å². The molecule has 0 aliphatic heterocycles. The average Bonchev–Trinajstić information content (AvgIpc) is 2.40. The van der Waals surface area contributed by atoms with Crippen LogP contribution in [-0.4, -0.2) is 21.2 Å². The van der Waals surface area contributed by atoms with Gasteiger partial charge in [-0.2, -0.15) is 10.2 Å². The second-order valence-corrected chi connectivity index (χ2v) is 4.47. The molecule has 2 rings (SSSR count). The van der Waals surface area contributed by atoms with Gasteiger partial charge in [0.15, 0.2) is 0 Å². The highest BCUT2D eigenvalue weighted by atomic mass is 79.9. The van der Waals surface area contributed by atoms with E-state index < -0.39 is 0 Å². The molecule has 0 aliphatic rings. The molecular weight excluding hydrogens is 298 g/mol. The number of halogens is 1. The van der Waals surface area contributed by atoms with Gasteiger partial charge >= 0.3 is 0 Å². The van der Waals surface area contributed by atoms with Gasteiger partial charge in [-0.3, -0.25) is 4.79 Å². The molecule has 0 atom stereocenters. The Hall–Kier alpha value is -1.95. The van der Waals surface area contributed by atoms with Gasteiger partial charge in [-0.25, -0.2) is 0 Å². The van der Waals surface area contributed by atoms with Crippen molar-refractivity contribution in [2.45, 2.75) is 6.54 Å². The molecule has 0 aliphatic carbocycles. The highest BCUT2D eigenvalue weighted by Crippen LogP contribution is 2.21. The molecule has 0 fully saturated rings. The third kappa shape index (κ3) is 3.04. The number of hydrogen-bond donors (Lipinski definition) is 2. The minimum absolute atomic E-state index is 0.0603. The van der Waals surface area contributed by atoms with Crippen molar-refractivity contribution < 1.29 is 9.90 Å². The van der Waals surface area contributed by atoms with Gasteiger partial charge in [0.05, 0.1) is 17.8 Å². The summed E-state index contributed by atoms with van der Waals surface area (Å²) in [6.07, 6.45) is 1.56. The van der Waals surface area contributed by atoms with Crippen molar-refractivity contribution in [3.63, 3.8) is 0 Å².